The number of rotatable bonds is 4. The van der Waals surface area contributed by atoms with Crippen molar-refractivity contribution in [1.29, 1.82) is 0 Å². The number of aryl methyl sites for hydroxylation is 3. The minimum absolute atomic E-state index is 0.0282. The third-order valence-corrected chi connectivity index (χ3v) is 6.98. The number of carbonyl (C=O) groups excluding carboxylic acids is 1. The van der Waals surface area contributed by atoms with Crippen LogP contribution in [0.2, 0.25) is 0 Å². The van der Waals surface area contributed by atoms with Crippen molar-refractivity contribution in [2.24, 2.45) is 4.99 Å². The summed E-state index contributed by atoms with van der Waals surface area (Å²) in [5.41, 5.74) is 3.99. The number of carbonyl (C=O) groups is 1. The van der Waals surface area contributed by atoms with Crippen LogP contribution in [0.3, 0.4) is 0 Å². The number of nitrogens with zero attached hydrogens (tertiary/aromatic N) is 2. The lowest BCUT2D eigenvalue weighted by Gasteiger charge is -2.18. The van der Waals surface area contributed by atoms with E-state index >= 15 is 0 Å². The maximum atomic E-state index is 13.5. The molecule has 31 heavy (non-hydrogen) atoms. The number of amidine groups is 1. The predicted molar refractivity (Wildman–Crippen MR) is 120 cm³/mol. The Kier molecular flexibility index (Phi) is 5.15. The van der Waals surface area contributed by atoms with Crippen LogP contribution in [-0.2, 0) is 10.0 Å². The summed E-state index contributed by atoms with van der Waals surface area (Å²) < 4.78 is 33.2. The summed E-state index contributed by atoms with van der Waals surface area (Å²) in [4.78, 5) is 18.0. The van der Waals surface area contributed by atoms with E-state index in [9.17, 15) is 13.2 Å². The van der Waals surface area contributed by atoms with Gasteiger partial charge in [0.1, 0.15) is 5.75 Å². The van der Waals surface area contributed by atoms with E-state index < -0.39 is 15.9 Å². The lowest BCUT2D eigenvalue weighted by atomic mass is 10.1. The zero-order valence-electron chi connectivity index (χ0n) is 17.7. The second kappa shape index (κ2) is 7.67. The Morgan fingerprint density at radius 1 is 0.871 bits per heavy atom. The topological polar surface area (TPSA) is 76.0 Å². The molecule has 0 bridgehead atoms. The minimum atomic E-state index is -4.17. The van der Waals surface area contributed by atoms with Gasteiger partial charge in [-0.25, -0.2) is 13.4 Å². The number of hydrogen-bond donors (Lipinski definition) is 0. The molecule has 0 saturated carbocycles. The molecule has 0 unspecified atom stereocenters. The summed E-state index contributed by atoms with van der Waals surface area (Å²) in [6, 6.07) is 16.9. The van der Waals surface area contributed by atoms with Gasteiger partial charge in [0.05, 0.1) is 23.3 Å². The van der Waals surface area contributed by atoms with Crippen LogP contribution in [0, 0.1) is 20.8 Å². The van der Waals surface area contributed by atoms with Crippen LogP contribution in [0.1, 0.15) is 32.6 Å². The zero-order chi connectivity index (χ0) is 22.3. The quantitative estimate of drug-likeness (QED) is 0.604. The van der Waals surface area contributed by atoms with E-state index in [1.165, 1.54) is 19.2 Å². The van der Waals surface area contributed by atoms with Gasteiger partial charge in [-0.05, 0) is 62.2 Å². The Labute approximate surface area is 181 Å². The molecule has 4 rings (SSSR count). The van der Waals surface area contributed by atoms with Gasteiger partial charge in [-0.15, -0.1) is 0 Å². The highest BCUT2D eigenvalue weighted by atomic mass is 32.2. The molecule has 1 aliphatic rings. The van der Waals surface area contributed by atoms with Crippen LogP contribution in [-0.4, -0.2) is 31.6 Å². The minimum Gasteiger partial charge on any atom is -0.497 e. The van der Waals surface area contributed by atoms with E-state index in [0.29, 0.717) is 17.0 Å². The molecule has 0 N–H and O–H groups in total. The number of fused-ring (bicyclic) bond motifs is 1. The Morgan fingerprint density at radius 3 is 2.13 bits per heavy atom. The van der Waals surface area contributed by atoms with Crippen molar-refractivity contribution in [1.82, 2.24) is 4.31 Å². The summed E-state index contributed by atoms with van der Waals surface area (Å²) >= 11 is 0. The average Bonchev–Trinajstić information content (AvgIpc) is 3.02. The molecule has 0 aromatic heterocycles. The fourth-order valence-corrected chi connectivity index (χ4v) is 4.94. The first-order valence-electron chi connectivity index (χ1n) is 9.73. The molecule has 158 valence electrons. The first kappa shape index (κ1) is 20.8. The summed E-state index contributed by atoms with van der Waals surface area (Å²) in [6.07, 6.45) is 0. The van der Waals surface area contributed by atoms with Gasteiger partial charge in [0.2, 0.25) is 0 Å². The number of sulfonamides is 1. The molecule has 1 aliphatic heterocycles. The Bertz CT molecular complexity index is 1310. The summed E-state index contributed by atoms with van der Waals surface area (Å²) in [7, 11) is -2.66. The number of para-hydroxylation sites is 1. The Hall–Kier alpha value is -3.45. The highest BCUT2D eigenvalue weighted by molar-refractivity contribution is 7.90. The van der Waals surface area contributed by atoms with Crippen molar-refractivity contribution in [3.8, 4) is 5.75 Å². The highest BCUT2D eigenvalue weighted by Gasteiger charge is 2.43. The second-order valence-corrected chi connectivity index (χ2v) is 9.26. The van der Waals surface area contributed by atoms with Gasteiger partial charge < -0.3 is 4.74 Å². The molecule has 3 aromatic carbocycles. The van der Waals surface area contributed by atoms with Crippen LogP contribution < -0.4 is 4.74 Å². The van der Waals surface area contributed by atoms with Crippen molar-refractivity contribution in [2.45, 2.75) is 25.7 Å². The summed E-state index contributed by atoms with van der Waals surface area (Å²) in [5, 5.41) is 0. The van der Waals surface area contributed by atoms with Crippen LogP contribution in [0.5, 0.6) is 5.75 Å². The van der Waals surface area contributed by atoms with Gasteiger partial charge in [0, 0.05) is 5.56 Å². The number of benzene rings is 3. The summed E-state index contributed by atoms with van der Waals surface area (Å²) in [5.74, 6) is -0.0598. The molecule has 0 aliphatic carbocycles. The lowest BCUT2D eigenvalue weighted by molar-refractivity contribution is 0.0922. The molecule has 6 nitrogen and oxygen atoms in total. The van der Waals surface area contributed by atoms with E-state index in [0.717, 1.165) is 21.0 Å². The van der Waals surface area contributed by atoms with Gasteiger partial charge in [0.15, 0.2) is 5.84 Å². The van der Waals surface area contributed by atoms with Crippen molar-refractivity contribution in [3.63, 3.8) is 0 Å². The van der Waals surface area contributed by atoms with E-state index in [1.807, 2.05) is 39.0 Å². The lowest BCUT2D eigenvalue weighted by Crippen LogP contribution is -2.36. The smallest absolute Gasteiger partial charge is 0.274 e. The largest absolute Gasteiger partial charge is 0.497 e. The van der Waals surface area contributed by atoms with Crippen LogP contribution in [0.15, 0.2) is 70.6 Å². The molecule has 0 fully saturated rings. The van der Waals surface area contributed by atoms with E-state index in [1.54, 1.807) is 30.3 Å². The van der Waals surface area contributed by atoms with Crippen LogP contribution in [0.4, 0.5) is 5.69 Å². The molecule has 0 radical (unpaired) electrons. The standard InChI is InChI=1S/C24H22N2O4S/c1-15-8-11-19(12-9-15)31(28,29)26-23(25-22-16(2)6-5-7-17(22)3)21-14-18(30-4)10-13-20(21)24(26)27/h5-14H,1-4H3. The molecular weight excluding hydrogens is 412 g/mol. The fourth-order valence-electron chi connectivity index (χ4n) is 3.57. The third-order valence-electron chi connectivity index (χ3n) is 5.29. The number of ether oxygens (including phenoxy) is 1. The van der Waals surface area contributed by atoms with Gasteiger partial charge in [-0.2, -0.15) is 4.31 Å². The SMILES string of the molecule is COc1ccc2c(c1)C(=Nc1c(C)cccc1C)N(S(=O)(=O)c1ccc(C)cc1)C2=O. The number of methoxy groups -OCH3 is 1. The molecule has 0 saturated heterocycles. The van der Waals surface area contributed by atoms with Gasteiger partial charge in [-0.1, -0.05) is 35.9 Å². The first-order valence-corrected chi connectivity index (χ1v) is 11.2. The predicted octanol–water partition coefficient (Wildman–Crippen LogP) is 4.54. The molecule has 0 atom stereocenters. The molecule has 1 heterocycles. The van der Waals surface area contributed by atoms with Gasteiger partial charge >= 0.3 is 0 Å². The Balaban J connectivity index is 1.98. The Morgan fingerprint density at radius 2 is 1.52 bits per heavy atom. The fraction of sp³-hybridized carbons (Fsp3) is 0.167. The van der Waals surface area contributed by atoms with Crippen molar-refractivity contribution in [2.75, 3.05) is 7.11 Å². The third kappa shape index (κ3) is 3.51. The van der Waals surface area contributed by atoms with Gasteiger partial charge in [-0.3, -0.25) is 4.79 Å². The van der Waals surface area contributed by atoms with Crippen molar-refractivity contribution >= 4 is 27.5 Å². The van der Waals surface area contributed by atoms with Crippen LogP contribution >= 0.6 is 0 Å². The molecule has 7 heteroatoms. The van der Waals surface area contributed by atoms with Gasteiger partial charge in [0.25, 0.3) is 15.9 Å². The van der Waals surface area contributed by atoms with Crippen molar-refractivity contribution in [3.05, 3.63) is 88.5 Å². The maximum Gasteiger partial charge on any atom is 0.274 e. The van der Waals surface area contributed by atoms with E-state index in [2.05, 4.69) is 0 Å². The second-order valence-electron chi connectivity index (χ2n) is 7.47. The van der Waals surface area contributed by atoms with Crippen molar-refractivity contribution < 1.29 is 17.9 Å². The maximum absolute atomic E-state index is 13.5. The molecular formula is C24H22N2O4S. The zero-order valence-corrected chi connectivity index (χ0v) is 18.5. The average molecular weight is 435 g/mol. The molecule has 0 spiro atoms. The van der Waals surface area contributed by atoms with Crippen LogP contribution in [0.25, 0.3) is 0 Å². The number of amides is 1. The monoisotopic (exact) mass is 434 g/mol. The van der Waals surface area contributed by atoms with E-state index in [4.69, 9.17) is 9.73 Å². The summed E-state index contributed by atoms with van der Waals surface area (Å²) in [6.45, 7) is 5.66. The van der Waals surface area contributed by atoms with E-state index in [-0.39, 0.29) is 16.3 Å². The normalized spacial score (nSPS) is 14.8. The first-order chi connectivity index (χ1) is 14.7. The number of hydrogen-bond acceptors (Lipinski definition) is 5. The molecule has 1 amide bonds. The highest BCUT2D eigenvalue weighted by Crippen LogP contribution is 2.34. The number of aliphatic imine (C=N–C) groups is 1. The molecule has 3 aromatic rings.